The van der Waals surface area contributed by atoms with Crippen LogP contribution in [0.3, 0.4) is 0 Å². The lowest BCUT2D eigenvalue weighted by Crippen LogP contribution is -2.19. The molecule has 1 aromatic heterocycles. The van der Waals surface area contributed by atoms with Crippen LogP contribution in [-0.4, -0.2) is 24.7 Å². The normalized spacial score (nSPS) is 11.1. The third kappa shape index (κ3) is 4.78. The van der Waals surface area contributed by atoms with Gasteiger partial charge >= 0.3 is 11.6 Å². The molecular weight excluding hydrogens is 429 g/mol. The van der Waals surface area contributed by atoms with Crippen LogP contribution in [-0.2, 0) is 28.9 Å². The molecule has 8 heteroatoms. The van der Waals surface area contributed by atoms with Crippen molar-refractivity contribution in [2.75, 3.05) is 13.7 Å². The maximum atomic E-state index is 12.5. The van der Waals surface area contributed by atoms with Gasteiger partial charge in [-0.25, -0.2) is 4.79 Å². The summed E-state index contributed by atoms with van der Waals surface area (Å²) in [6, 6.07) is 9.08. The second-order valence-electron chi connectivity index (χ2n) is 6.86. The third-order valence-electron chi connectivity index (χ3n) is 4.95. The number of benzene rings is 2. The second kappa shape index (κ2) is 9.51. The van der Waals surface area contributed by atoms with Crippen molar-refractivity contribution in [3.8, 4) is 5.75 Å². The Kier molecular flexibility index (Phi) is 7.02. The third-order valence-corrected chi connectivity index (χ3v) is 5.49. The number of carbonyl (C=O) groups is 1. The number of fused-ring (bicyclic) bond motifs is 1. The standard InChI is InChI=1S/C22H21Cl2NO5/c1-12-15-9-18(24)20(27)17(11-25-8-7-13-3-5-14(23)6-4-13)21(15)30-22(28)16(12)10-19(26)29-2/h3-6,9,25,27H,7-8,10-11H2,1-2H3. The molecule has 0 atom stereocenters. The van der Waals surface area contributed by atoms with Crippen LogP contribution in [0, 0.1) is 6.92 Å². The highest BCUT2D eigenvalue weighted by Crippen LogP contribution is 2.36. The quantitative estimate of drug-likeness (QED) is 0.319. The van der Waals surface area contributed by atoms with E-state index in [2.05, 4.69) is 10.1 Å². The molecule has 2 N–H and O–H groups in total. The number of halogens is 2. The highest BCUT2D eigenvalue weighted by Gasteiger charge is 2.20. The molecule has 0 fully saturated rings. The van der Waals surface area contributed by atoms with Gasteiger partial charge in [-0.05, 0) is 49.2 Å². The van der Waals surface area contributed by atoms with Crippen LogP contribution in [0.15, 0.2) is 39.5 Å². The maximum absolute atomic E-state index is 12.5. The lowest BCUT2D eigenvalue weighted by atomic mass is 10.0. The van der Waals surface area contributed by atoms with E-state index in [0.717, 1.165) is 12.0 Å². The van der Waals surface area contributed by atoms with Crippen molar-refractivity contribution in [3.05, 3.63) is 73.1 Å². The first-order valence-corrected chi connectivity index (χ1v) is 10.1. The molecular formula is C22H21Cl2NO5. The number of hydrogen-bond donors (Lipinski definition) is 2. The predicted molar refractivity (Wildman–Crippen MR) is 116 cm³/mol. The first-order chi connectivity index (χ1) is 14.3. The molecule has 1 heterocycles. The Balaban J connectivity index is 1.88. The lowest BCUT2D eigenvalue weighted by Gasteiger charge is -2.14. The smallest absolute Gasteiger partial charge is 0.340 e. The van der Waals surface area contributed by atoms with Crippen molar-refractivity contribution in [3.63, 3.8) is 0 Å². The number of rotatable bonds is 7. The Morgan fingerprint density at radius 3 is 2.57 bits per heavy atom. The van der Waals surface area contributed by atoms with Crippen LogP contribution >= 0.6 is 23.2 Å². The summed E-state index contributed by atoms with van der Waals surface area (Å²) in [5.74, 6) is -0.690. The van der Waals surface area contributed by atoms with Crippen LogP contribution in [0.5, 0.6) is 5.75 Å². The molecule has 3 aromatic rings. The van der Waals surface area contributed by atoms with E-state index in [1.165, 1.54) is 13.2 Å². The highest BCUT2D eigenvalue weighted by atomic mass is 35.5. The Morgan fingerprint density at radius 2 is 1.90 bits per heavy atom. The molecule has 3 rings (SSSR count). The van der Waals surface area contributed by atoms with Gasteiger partial charge in [-0.3, -0.25) is 4.79 Å². The molecule has 0 spiro atoms. The van der Waals surface area contributed by atoms with Crippen LogP contribution in [0.1, 0.15) is 22.3 Å². The number of hydrogen-bond acceptors (Lipinski definition) is 6. The molecule has 6 nitrogen and oxygen atoms in total. The molecule has 0 saturated heterocycles. The van der Waals surface area contributed by atoms with Gasteiger partial charge in [0.15, 0.2) is 0 Å². The minimum Gasteiger partial charge on any atom is -0.506 e. The molecule has 0 saturated carbocycles. The number of methoxy groups -OCH3 is 1. The average molecular weight is 450 g/mol. The summed E-state index contributed by atoms with van der Waals surface area (Å²) in [7, 11) is 1.25. The number of aromatic hydroxyl groups is 1. The fourth-order valence-corrected chi connectivity index (χ4v) is 3.57. The predicted octanol–water partition coefficient (Wildman–Crippen LogP) is 4.16. The minimum atomic E-state index is -0.644. The Bertz CT molecular complexity index is 1140. The van der Waals surface area contributed by atoms with Crippen LogP contribution < -0.4 is 10.9 Å². The summed E-state index contributed by atoms with van der Waals surface area (Å²) < 4.78 is 10.1. The molecule has 0 unspecified atom stereocenters. The summed E-state index contributed by atoms with van der Waals surface area (Å²) in [5, 5.41) is 15.1. The van der Waals surface area contributed by atoms with Crippen LogP contribution in [0.25, 0.3) is 11.0 Å². The zero-order valence-electron chi connectivity index (χ0n) is 16.6. The first-order valence-electron chi connectivity index (χ1n) is 9.30. The van der Waals surface area contributed by atoms with Gasteiger partial charge in [-0.2, -0.15) is 0 Å². The monoisotopic (exact) mass is 449 g/mol. The summed E-state index contributed by atoms with van der Waals surface area (Å²) in [6.07, 6.45) is 0.552. The van der Waals surface area contributed by atoms with Gasteiger partial charge < -0.3 is 19.6 Å². The average Bonchev–Trinajstić information content (AvgIpc) is 2.73. The highest BCUT2D eigenvalue weighted by molar-refractivity contribution is 6.33. The number of ether oxygens (including phenoxy) is 1. The van der Waals surface area contributed by atoms with E-state index < -0.39 is 11.6 Å². The van der Waals surface area contributed by atoms with E-state index >= 15 is 0 Å². The molecule has 30 heavy (non-hydrogen) atoms. The van der Waals surface area contributed by atoms with Crippen molar-refractivity contribution in [1.82, 2.24) is 5.32 Å². The zero-order chi connectivity index (χ0) is 21.8. The van der Waals surface area contributed by atoms with Gasteiger partial charge in [-0.15, -0.1) is 0 Å². The van der Waals surface area contributed by atoms with E-state index in [1.807, 2.05) is 24.3 Å². The molecule has 2 aromatic carbocycles. The van der Waals surface area contributed by atoms with E-state index in [-0.39, 0.29) is 34.9 Å². The van der Waals surface area contributed by atoms with Gasteiger partial charge in [0, 0.05) is 17.0 Å². The number of nitrogens with one attached hydrogen (secondary N) is 1. The Hall–Kier alpha value is -2.54. The number of aryl methyl sites for hydroxylation is 1. The topological polar surface area (TPSA) is 88.8 Å². The molecule has 0 aliphatic heterocycles. The van der Waals surface area contributed by atoms with Crippen molar-refractivity contribution >= 4 is 40.1 Å². The van der Waals surface area contributed by atoms with Crippen molar-refractivity contribution in [2.24, 2.45) is 0 Å². The van der Waals surface area contributed by atoms with Crippen LogP contribution in [0.4, 0.5) is 0 Å². The SMILES string of the molecule is COC(=O)Cc1c(C)c2cc(Cl)c(O)c(CNCCc3ccc(Cl)cc3)c2oc1=O. The van der Waals surface area contributed by atoms with E-state index in [1.54, 1.807) is 6.92 Å². The minimum absolute atomic E-state index is 0.137. The molecule has 158 valence electrons. The summed E-state index contributed by atoms with van der Waals surface area (Å²) in [6.45, 7) is 2.58. The number of carbonyl (C=O) groups excluding carboxylic acids is 1. The number of phenols is 1. The fraction of sp³-hybridized carbons (Fsp3) is 0.273. The van der Waals surface area contributed by atoms with Gasteiger partial charge in [0.25, 0.3) is 0 Å². The summed E-state index contributed by atoms with van der Waals surface area (Å²) in [4.78, 5) is 24.1. The molecule has 0 bridgehead atoms. The van der Waals surface area contributed by atoms with Gasteiger partial charge in [-0.1, -0.05) is 35.3 Å². The van der Waals surface area contributed by atoms with Crippen molar-refractivity contribution < 1.29 is 19.1 Å². The molecule has 0 radical (unpaired) electrons. The Morgan fingerprint density at radius 1 is 1.20 bits per heavy atom. The number of phenolic OH excluding ortho intramolecular Hbond substituents is 1. The Labute approximate surface area is 183 Å². The largest absolute Gasteiger partial charge is 0.506 e. The summed E-state index contributed by atoms with van der Waals surface area (Å²) >= 11 is 12.1. The van der Waals surface area contributed by atoms with Gasteiger partial charge in [0.1, 0.15) is 11.3 Å². The fourth-order valence-electron chi connectivity index (χ4n) is 3.22. The number of esters is 1. The van der Waals surface area contributed by atoms with Crippen molar-refractivity contribution in [1.29, 1.82) is 0 Å². The van der Waals surface area contributed by atoms with Gasteiger partial charge in [0.05, 0.1) is 29.7 Å². The molecule has 0 amide bonds. The second-order valence-corrected chi connectivity index (χ2v) is 7.71. The zero-order valence-corrected chi connectivity index (χ0v) is 18.1. The first kappa shape index (κ1) is 22.2. The van der Waals surface area contributed by atoms with Crippen LogP contribution in [0.2, 0.25) is 10.0 Å². The van der Waals surface area contributed by atoms with Gasteiger partial charge in [0.2, 0.25) is 0 Å². The lowest BCUT2D eigenvalue weighted by molar-refractivity contribution is -0.139. The molecule has 0 aliphatic rings. The maximum Gasteiger partial charge on any atom is 0.340 e. The molecule has 0 aliphatic carbocycles. The van der Waals surface area contributed by atoms with Crippen molar-refractivity contribution in [2.45, 2.75) is 26.3 Å². The van der Waals surface area contributed by atoms with E-state index in [4.69, 9.17) is 27.6 Å². The van der Waals surface area contributed by atoms with E-state index in [9.17, 15) is 14.7 Å². The summed E-state index contributed by atoms with van der Waals surface area (Å²) in [5.41, 5.74) is 1.87. The van der Waals surface area contributed by atoms with E-state index in [0.29, 0.717) is 28.1 Å².